The maximum absolute atomic E-state index is 12.2. The number of sulfonamides is 1. The highest BCUT2D eigenvalue weighted by Crippen LogP contribution is 2.22. The van der Waals surface area contributed by atoms with E-state index in [2.05, 4.69) is 37.2 Å². The Balaban J connectivity index is 1.96. The topological polar surface area (TPSA) is 66.5 Å². The molecule has 0 radical (unpaired) electrons. The van der Waals surface area contributed by atoms with E-state index in [1.54, 1.807) is 6.07 Å². The van der Waals surface area contributed by atoms with E-state index in [0.717, 1.165) is 8.95 Å². The molecule has 1 fully saturated rings. The lowest BCUT2D eigenvalue weighted by Crippen LogP contribution is -2.46. The molecule has 0 bridgehead atoms. The van der Waals surface area contributed by atoms with Gasteiger partial charge in [0.1, 0.15) is 0 Å². The third-order valence-corrected chi connectivity index (χ3v) is 5.89. The standard InChI is InChI=1S/C13H16Br2N2O3S/c1-21(19,20)17-6-4-10(5-7-17)16-13(18)11-3-2-9(14)8-12(11)15/h2-3,8,10H,4-7H2,1H3,(H,16,18). The summed E-state index contributed by atoms with van der Waals surface area (Å²) < 4.78 is 26.0. The maximum Gasteiger partial charge on any atom is 0.252 e. The maximum atomic E-state index is 12.2. The first kappa shape index (κ1) is 16.9. The molecule has 1 amide bonds. The minimum absolute atomic E-state index is 0.00560. The van der Waals surface area contributed by atoms with Gasteiger partial charge in [-0.15, -0.1) is 0 Å². The van der Waals surface area contributed by atoms with Crippen molar-refractivity contribution in [3.63, 3.8) is 0 Å². The van der Waals surface area contributed by atoms with E-state index in [0.29, 0.717) is 31.5 Å². The normalized spacial score (nSPS) is 17.7. The second kappa shape index (κ2) is 6.76. The Morgan fingerprint density at radius 3 is 2.43 bits per heavy atom. The largest absolute Gasteiger partial charge is 0.349 e. The average molecular weight is 440 g/mol. The van der Waals surface area contributed by atoms with Crippen LogP contribution in [0, 0.1) is 0 Å². The Kier molecular flexibility index (Phi) is 5.45. The number of hydrogen-bond donors (Lipinski definition) is 1. The van der Waals surface area contributed by atoms with Crippen molar-refractivity contribution < 1.29 is 13.2 Å². The Morgan fingerprint density at radius 2 is 1.90 bits per heavy atom. The third-order valence-electron chi connectivity index (χ3n) is 3.43. The van der Waals surface area contributed by atoms with Gasteiger partial charge < -0.3 is 5.32 Å². The van der Waals surface area contributed by atoms with Crippen LogP contribution in [0.15, 0.2) is 27.1 Å². The number of carbonyl (C=O) groups excluding carboxylic acids is 1. The van der Waals surface area contributed by atoms with Crippen molar-refractivity contribution in [2.75, 3.05) is 19.3 Å². The van der Waals surface area contributed by atoms with Crippen molar-refractivity contribution in [1.82, 2.24) is 9.62 Å². The van der Waals surface area contributed by atoms with E-state index < -0.39 is 10.0 Å². The second-order valence-electron chi connectivity index (χ2n) is 5.03. The van der Waals surface area contributed by atoms with E-state index in [-0.39, 0.29) is 11.9 Å². The second-order valence-corrected chi connectivity index (χ2v) is 8.79. The number of rotatable bonds is 3. The minimum Gasteiger partial charge on any atom is -0.349 e. The Labute approximate surface area is 141 Å². The van der Waals surface area contributed by atoms with Crippen molar-refractivity contribution in [2.45, 2.75) is 18.9 Å². The van der Waals surface area contributed by atoms with Crippen LogP contribution < -0.4 is 5.32 Å². The van der Waals surface area contributed by atoms with Gasteiger partial charge in [-0.25, -0.2) is 12.7 Å². The predicted octanol–water partition coefficient (Wildman–Crippen LogP) is 2.37. The lowest BCUT2D eigenvalue weighted by molar-refractivity contribution is 0.0923. The van der Waals surface area contributed by atoms with Crippen LogP contribution in [0.4, 0.5) is 0 Å². The molecular formula is C13H16Br2N2O3S. The van der Waals surface area contributed by atoms with Gasteiger partial charge >= 0.3 is 0 Å². The third kappa shape index (κ3) is 4.51. The fraction of sp³-hybridized carbons (Fsp3) is 0.462. The molecule has 1 aromatic carbocycles. The van der Waals surface area contributed by atoms with Crippen LogP contribution in [0.1, 0.15) is 23.2 Å². The van der Waals surface area contributed by atoms with Crippen LogP contribution in [-0.4, -0.2) is 44.0 Å². The van der Waals surface area contributed by atoms with Crippen LogP contribution in [-0.2, 0) is 10.0 Å². The molecule has 116 valence electrons. The predicted molar refractivity (Wildman–Crippen MR) is 88.7 cm³/mol. The summed E-state index contributed by atoms with van der Waals surface area (Å²) in [5, 5.41) is 2.96. The molecule has 0 saturated carbocycles. The summed E-state index contributed by atoms with van der Waals surface area (Å²) in [7, 11) is -3.13. The molecule has 2 rings (SSSR count). The van der Waals surface area contributed by atoms with Gasteiger partial charge in [-0.3, -0.25) is 4.79 Å². The Hall–Kier alpha value is -0.440. The number of halogens is 2. The van der Waals surface area contributed by atoms with E-state index in [9.17, 15) is 13.2 Å². The zero-order valence-electron chi connectivity index (χ0n) is 11.5. The molecule has 0 atom stereocenters. The van der Waals surface area contributed by atoms with Gasteiger partial charge in [0.05, 0.1) is 11.8 Å². The molecule has 8 heteroatoms. The summed E-state index contributed by atoms with van der Waals surface area (Å²) in [4.78, 5) is 12.2. The van der Waals surface area contributed by atoms with Gasteiger partial charge in [-0.2, -0.15) is 0 Å². The van der Waals surface area contributed by atoms with Gasteiger partial charge in [-0.1, -0.05) is 15.9 Å². The van der Waals surface area contributed by atoms with Crippen molar-refractivity contribution in [3.05, 3.63) is 32.7 Å². The number of amides is 1. The fourth-order valence-electron chi connectivity index (χ4n) is 2.27. The average Bonchev–Trinajstić information content (AvgIpc) is 2.38. The molecule has 21 heavy (non-hydrogen) atoms. The van der Waals surface area contributed by atoms with Crippen LogP contribution in [0.25, 0.3) is 0 Å². The Bertz CT molecular complexity index is 641. The summed E-state index contributed by atoms with van der Waals surface area (Å²) in [6.07, 6.45) is 2.48. The summed E-state index contributed by atoms with van der Waals surface area (Å²) in [5.41, 5.74) is 0.573. The Morgan fingerprint density at radius 1 is 1.29 bits per heavy atom. The monoisotopic (exact) mass is 438 g/mol. The molecule has 0 aromatic heterocycles. The highest BCUT2D eigenvalue weighted by atomic mass is 79.9. The van der Waals surface area contributed by atoms with Gasteiger partial charge in [0.25, 0.3) is 5.91 Å². The molecule has 1 saturated heterocycles. The van der Waals surface area contributed by atoms with Gasteiger partial charge in [0, 0.05) is 28.1 Å². The quantitative estimate of drug-likeness (QED) is 0.786. The van der Waals surface area contributed by atoms with Crippen LogP contribution >= 0.6 is 31.9 Å². The number of hydrogen-bond acceptors (Lipinski definition) is 3. The summed E-state index contributed by atoms with van der Waals surface area (Å²) in [6, 6.07) is 5.38. The highest BCUT2D eigenvalue weighted by molar-refractivity contribution is 9.11. The van der Waals surface area contributed by atoms with Gasteiger partial charge in [0.2, 0.25) is 10.0 Å². The summed E-state index contributed by atoms with van der Waals surface area (Å²) in [6.45, 7) is 0.899. The van der Waals surface area contributed by atoms with Crippen LogP contribution in [0.2, 0.25) is 0 Å². The van der Waals surface area contributed by atoms with Crippen molar-refractivity contribution >= 4 is 47.8 Å². The first-order chi connectivity index (χ1) is 9.77. The van der Waals surface area contributed by atoms with E-state index >= 15 is 0 Å². The molecule has 0 spiro atoms. The summed E-state index contributed by atoms with van der Waals surface area (Å²) in [5.74, 6) is -0.146. The lowest BCUT2D eigenvalue weighted by Gasteiger charge is -2.30. The SMILES string of the molecule is CS(=O)(=O)N1CCC(NC(=O)c2ccc(Br)cc2Br)CC1. The molecule has 1 aliphatic heterocycles. The molecule has 0 unspecified atom stereocenters. The van der Waals surface area contributed by atoms with Crippen molar-refractivity contribution in [2.24, 2.45) is 0 Å². The number of piperidine rings is 1. The molecule has 1 N–H and O–H groups in total. The van der Waals surface area contributed by atoms with Crippen LogP contribution in [0.3, 0.4) is 0 Å². The van der Waals surface area contributed by atoms with E-state index in [4.69, 9.17) is 0 Å². The summed E-state index contributed by atoms with van der Waals surface area (Å²) >= 11 is 6.71. The van der Waals surface area contributed by atoms with E-state index in [1.165, 1.54) is 10.6 Å². The molecule has 5 nitrogen and oxygen atoms in total. The molecular weight excluding hydrogens is 424 g/mol. The molecule has 0 aliphatic carbocycles. The zero-order chi connectivity index (χ0) is 15.6. The van der Waals surface area contributed by atoms with Crippen molar-refractivity contribution in [1.29, 1.82) is 0 Å². The lowest BCUT2D eigenvalue weighted by atomic mass is 10.1. The zero-order valence-corrected chi connectivity index (χ0v) is 15.5. The number of benzene rings is 1. The highest BCUT2D eigenvalue weighted by Gasteiger charge is 2.26. The fourth-order valence-corrected chi connectivity index (χ4v) is 4.37. The molecule has 1 aromatic rings. The smallest absolute Gasteiger partial charge is 0.252 e. The van der Waals surface area contributed by atoms with Crippen LogP contribution in [0.5, 0.6) is 0 Å². The number of nitrogens with one attached hydrogen (secondary N) is 1. The molecule has 1 aliphatic rings. The molecule has 1 heterocycles. The van der Waals surface area contributed by atoms with Gasteiger partial charge in [-0.05, 0) is 47.0 Å². The van der Waals surface area contributed by atoms with Crippen molar-refractivity contribution in [3.8, 4) is 0 Å². The van der Waals surface area contributed by atoms with Gasteiger partial charge in [0.15, 0.2) is 0 Å². The first-order valence-electron chi connectivity index (χ1n) is 6.48. The number of carbonyl (C=O) groups is 1. The first-order valence-corrected chi connectivity index (χ1v) is 9.92. The minimum atomic E-state index is -3.13. The number of nitrogens with zero attached hydrogens (tertiary/aromatic N) is 1. The van der Waals surface area contributed by atoms with E-state index in [1.807, 2.05) is 12.1 Å².